The molecule has 0 unspecified atom stereocenters. The van der Waals surface area contributed by atoms with E-state index in [4.69, 9.17) is 11.0 Å². The second-order valence-corrected chi connectivity index (χ2v) is 5.50. The standard InChI is InChI=1S/C13H13N3S2/c1-17-12-11(15)10(7-14)18-13(12)16-8-9-5-3-2-4-6-9/h2-6,16H,8,15H2,1H3. The maximum atomic E-state index is 8.98. The highest BCUT2D eigenvalue weighted by Gasteiger charge is 2.14. The fourth-order valence-corrected chi connectivity index (χ4v) is 3.44. The third-order valence-electron chi connectivity index (χ3n) is 2.50. The Labute approximate surface area is 115 Å². The lowest BCUT2D eigenvalue weighted by Gasteiger charge is -2.06. The normalized spacial score (nSPS) is 10.0. The molecule has 0 spiro atoms. The van der Waals surface area contributed by atoms with E-state index < -0.39 is 0 Å². The number of thiophene rings is 1. The Balaban J connectivity index is 2.17. The van der Waals surface area contributed by atoms with Gasteiger partial charge in [0.05, 0.1) is 10.6 Å². The smallest absolute Gasteiger partial charge is 0.131 e. The molecule has 0 saturated carbocycles. The average molecular weight is 275 g/mol. The van der Waals surface area contributed by atoms with E-state index in [2.05, 4.69) is 23.5 Å². The van der Waals surface area contributed by atoms with E-state index in [0.717, 1.165) is 16.4 Å². The Morgan fingerprint density at radius 3 is 2.72 bits per heavy atom. The Hall–Kier alpha value is -1.64. The quantitative estimate of drug-likeness (QED) is 0.838. The van der Waals surface area contributed by atoms with E-state index >= 15 is 0 Å². The summed E-state index contributed by atoms with van der Waals surface area (Å²) < 4.78 is 0. The van der Waals surface area contributed by atoms with Crippen LogP contribution < -0.4 is 11.1 Å². The van der Waals surface area contributed by atoms with Crippen molar-refractivity contribution in [3.8, 4) is 6.07 Å². The van der Waals surface area contributed by atoms with Crippen LogP contribution in [0.15, 0.2) is 35.2 Å². The minimum atomic E-state index is 0.579. The lowest BCUT2D eigenvalue weighted by atomic mass is 10.2. The van der Waals surface area contributed by atoms with Crippen LogP contribution in [0.4, 0.5) is 10.7 Å². The first-order chi connectivity index (χ1) is 8.76. The van der Waals surface area contributed by atoms with E-state index in [-0.39, 0.29) is 0 Å². The van der Waals surface area contributed by atoms with Crippen LogP contribution in [0.25, 0.3) is 0 Å². The molecular weight excluding hydrogens is 262 g/mol. The topological polar surface area (TPSA) is 61.8 Å². The number of anilines is 2. The van der Waals surface area contributed by atoms with Gasteiger partial charge in [-0.1, -0.05) is 30.3 Å². The van der Waals surface area contributed by atoms with Crippen molar-refractivity contribution < 1.29 is 0 Å². The molecule has 0 aliphatic rings. The molecule has 0 atom stereocenters. The van der Waals surface area contributed by atoms with Gasteiger partial charge in [-0.25, -0.2) is 0 Å². The Morgan fingerprint density at radius 2 is 2.11 bits per heavy atom. The maximum absolute atomic E-state index is 8.98. The monoisotopic (exact) mass is 275 g/mol. The molecule has 0 fully saturated rings. The van der Waals surface area contributed by atoms with Crippen molar-refractivity contribution in [2.75, 3.05) is 17.3 Å². The van der Waals surface area contributed by atoms with Gasteiger partial charge >= 0.3 is 0 Å². The third-order valence-corrected chi connectivity index (χ3v) is 4.53. The van der Waals surface area contributed by atoms with Gasteiger partial charge in [0.25, 0.3) is 0 Å². The van der Waals surface area contributed by atoms with Crippen molar-refractivity contribution in [1.82, 2.24) is 0 Å². The highest BCUT2D eigenvalue weighted by molar-refractivity contribution is 7.99. The SMILES string of the molecule is CSc1c(NCc2ccccc2)sc(C#N)c1N. The first kappa shape index (κ1) is 12.8. The Bertz CT molecular complexity index is 570. The molecule has 18 heavy (non-hydrogen) atoms. The van der Waals surface area contributed by atoms with E-state index in [1.807, 2.05) is 24.5 Å². The molecule has 1 aromatic carbocycles. The minimum Gasteiger partial charge on any atom is -0.396 e. The minimum absolute atomic E-state index is 0.579. The second kappa shape index (κ2) is 5.80. The van der Waals surface area contributed by atoms with Crippen LogP contribution in [0.5, 0.6) is 0 Å². The van der Waals surface area contributed by atoms with Gasteiger partial charge in [-0.3, -0.25) is 0 Å². The molecule has 0 aliphatic carbocycles. The summed E-state index contributed by atoms with van der Waals surface area (Å²) in [5.41, 5.74) is 7.71. The van der Waals surface area contributed by atoms with Gasteiger partial charge in [-0.05, 0) is 11.8 Å². The summed E-state index contributed by atoms with van der Waals surface area (Å²) in [4.78, 5) is 1.54. The number of benzene rings is 1. The Kier molecular flexibility index (Phi) is 4.13. The first-order valence-corrected chi connectivity index (χ1v) is 7.44. The second-order valence-electron chi connectivity index (χ2n) is 3.66. The largest absolute Gasteiger partial charge is 0.396 e. The van der Waals surface area contributed by atoms with Gasteiger partial charge in [0.2, 0.25) is 0 Å². The number of nitrogens with one attached hydrogen (secondary N) is 1. The molecule has 0 radical (unpaired) electrons. The summed E-state index contributed by atoms with van der Waals surface area (Å²) in [6.45, 7) is 0.735. The van der Waals surface area contributed by atoms with E-state index in [9.17, 15) is 0 Å². The molecule has 0 saturated heterocycles. The number of rotatable bonds is 4. The van der Waals surface area contributed by atoms with Crippen molar-refractivity contribution in [2.45, 2.75) is 11.4 Å². The number of nitrogen functional groups attached to an aromatic ring is 1. The first-order valence-electron chi connectivity index (χ1n) is 5.40. The van der Waals surface area contributed by atoms with Crippen LogP contribution in [0.1, 0.15) is 10.4 Å². The summed E-state index contributed by atoms with van der Waals surface area (Å²) in [5.74, 6) is 0. The van der Waals surface area contributed by atoms with Crippen molar-refractivity contribution in [1.29, 1.82) is 5.26 Å². The highest BCUT2D eigenvalue weighted by Crippen LogP contribution is 2.41. The molecule has 3 nitrogen and oxygen atoms in total. The molecule has 0 aliphatic heterocycles. The molecule has 0 bridgehead atoms. The van der Waals surface area contributed by atoms with E-state index in [1.165, 1.54) is 16.9 Å². The third kappa shape index (κ3) is 2.61. The molecular formula is C13H13N3S2. The molecule has 5 heteroatoms. The summed E-state index contributed by atoms with van der Waals surface area (Å²) in [6.07, 6.45) is 1.97. The molecule has 1 heterocycles. The summed E-state index contributed by atoms with van der Waals surface area (Å²) in [6, 6.07) is 12.3. The van der Waals surface area contributed by atoms with Crippen molar-refractivity contribution in [2.24, 2.45) is 0 Å². The Morgan fingerprint density at radius 1 is 1.39 bits per heavy atom. The summed E-state index contributed by atoms with van der Waals surface area (Å²) >= 11 is 2.98. The zero-order valence-electron chi connectivity index (χ0n) is 9.93. The van der Waals surface area contributed by atoms with Crippen molar-refractivity contribution in [3.63, 3.8) is 0 Å². The lowest BCUT2D eigenvalue weighted by Crippen LogP contribution is -1.98. The maximum Gasteiger partial charge on any atom is 0.131 e. The molecule has 1 aromatic heterocycles. The molecule has 0 amide bonds. The number of nitrogens with zero attached hydrogens (tertiary/aromatic N) is 1. The average Bonchev–Trinajstić information content (AvgIpc) is 2.73. The molecule has 92 valence electrons. The number of nitrogens with two attached hydrogens (primary N) is 1. The molecule has 3 N–H and O–H groups in total. The predicted octanol–water partition coefficient (Wildman–Crippen LogP) is 3.54. The zero-order valence-corrected chi connectivity index (χ0v) is 11.6. The predicted molar refractivity (Wildman–Crippen MR) is 79.0 cm³/mol. The molecule has 2 rings (SSSR count). The lowest BCUT2D eigenvalue weighted by molar-refractivity contribution is 1.15. The number of thioether (sulfide) groups is 1. The van der Waals surface area contributed by atoms with Crippen molar-refractivity contribution in [3.05, 3.63) is 40.8 Å². The fraction of sp³-hybridized carbons (Fsp3) is 0.154. The van der Waals surface area contributed by atoms with Gasteiger partial charge in [0.15, 0.2) is 0 Å². The van der Waals surface area contributed by atoms with Crippen LogP contribution >= 0.6 is 23.1 Å². The number of hydrogen-bond donors (Lipinski definition) is 2. The van der Waals surface area contributed by atoms with Crippen LogP contribution in [0.2, 0.25) is 0 Å². The van der Waals surface area contributed by atoms with Gasteiger partial charge in [0.1, 0.15) is 15.9 Å². The van der Waals surface area contributed by atoms with Crippen LogP contribution in [-0.2, 0) is 6.54 Å². The number of nitriles is 1. The van der Waals surface area contributed by atoms with Crippen LogP contribution in [-0.4, -0.2) is 6.26 Å². The van der Waals surface area contributed by atoms with Gasteiger partial charge in [-0.15, -0.1) is 23.1 Å². The van der Waals surface area contributed by atoms with Crippen LogP contribution in [0.3, 0.4) is 0 Å². The molecule has 2 aromatic rings. The summed E-state index contributed by atoms with van der Waals surface area (Å²) in [7, 11) is 0. The fourth-order valence-electron chi connectivity index (χ4n) is 1.61. The van der Waals surface area contributed by atoms with Crippen LogP contribution in [0, 0.1) is 11.3 Å². The zero-order chi connectivity index (χ0) is 13.0. The number of hydrogen-bond acceptors (Lipinski definition) is 5. The van der Waals surface area contributed by atoms with Gasteiger partial charge in [-0.2, -0.15) is 5.26 Å². The van der Waals surface area contributed by atoms with E-state index in [0.29, 0.717) is 10.6 Å². The van der Waals surface area contributed by atoms with Gasteiger partial charge < -0.3 is 11.1 Å². The van der Waals surface area contributed by atoms with Crippen molar-refractivity contribution >= 4 is 33.8 Å². The summed E-state index contributed by atoms with van der Waals surface area (Å²) in [5, 5.41) is 13.3. The van der Waals surface area contributed by atoms with Gasteiger partial charge in [0, 0.05) is 6.54 Å². The van der Waals surface area contributed by atoms with E-state index in [1.54, 1.807) is 11.8 Å². The highest BCUT2D eigenvalue weighted by atomic mass is 32.2.